The lowest BCUT2D eigenvalue weighted by Gasteiger charge is -2.22. The first-order valence-corrected chi connectivity index (χ1v) is 11.8. The van der Waals surface area contributed by atoms with Crippen LogP contribution in [-0.4, -0.2) is 29.4 Å². The van der Waals surface area contributed by atoms with Gasteiger partial charge in [0.05, 0.1) is 22.5 Å². The molecule has 2 amide bonds. The Bertz CT molecular complexity index is 1110. The molecule has 4 nitrogen and oxygen atoms in total. The summed E-state index contributed by atoms with van der Waals surface area (Å²) in [6.07, 6.45) is -5.25. The van der Waals surface area contributed by atoms with E-state index in [0.29, 0.717) is 15.6 Å². The van der Waals surface area contributed by atoms with Crippen LogP contribution in [0, 0.1) is 11.8 Å². The van der Waals surface area contributed by atoms with Crippen molar-refractivity contribution in [2.24, 2.45) is 11.8 Å². The van der Waals surface area contributed by atoms with Crippen molar-refractivity contribution in [1.29, 1.82) is 0 Å². The van der Waals surface area contributed by atoms with Crippen molar-refractivity contribution in [3.63, 3.8) is 0 Å². The smallest absolute Gasteiger partial charge is 0.326 e. The zero-order valence-electron chi connectivity index (χ0n) is 17.7. The SMILES string of the molecule is C[C@H](CC(=O)N(C)c1cc(NC(=O)[C@H]2[C@H](c3cc(Cl)cc(Cl)c3)C2(Cl)Cl)ccc1Cl)C(F)(F)F. The van der Waals surface area contributed by atoms with E-state index in [1.165, 1.54) is 31.3 Å². The van der Waals surface area contributed by atoms with Crippen molar-refractivity contribution < 1.29 is 22.8 Å². The lowest BCUT2D eigenvalue weighted by molar-refractivity contribution is -0.173. The van der Waals surface area contributed by atoms with Crippen LogP contribution in [0.25, 0.3) is 0 Å². The second-order valence-corrected chi connectivity index (χ2v) is 10.8. The number of nitrogens with zero attached hydrogens (tertiary/aromatic N) is 1. The Morgan fingerprint density at radius 1 is 1.09 bits per heavy atom. The summed E-state index contributed by atoms with van der Waals surface area (Å²) in [5, 5.41) is 3.52. The Hall–Kier alpha value is -1.38. The summed E-state index contributed by atoms with van der Waals surface area (Å²) in [5.74, 6) is -4.49. The molecule has 0 saturated heterocycles. The van der Waals surface area contributed by atoms with E-state index in [9.17, 15) is 22.8 Å². The van der Waals surface area contributed by atoms with Gasteiger partial charge in [-0.2, -0.15) is 13.2 Å². The zero-order chi connectivity index (χ0) is 25.6. The summed E-state index contributed by atoms with van der Waals surface area (Å²) in [4.78, 5) is 26.3. The summed E-state index contributed by atoms with van der Waals surface area (Å²) >= 11 is 31.0. The number of rotatable bonds is 6. The minimum absolute atomic E-state index is 0.121. The number of amides is 2. The van der Waals surface area contributed by atoms with E-state index in [1.54, 1.807) is 12.1 Å². The van der Waals surface area contributed by atoms with Gasteiger partial charge in [-0.1, -0.05) is 41.7 Å². The lowest BCUT2D eigenvalue weighted by atomic mass is 10.1. The predicted molar refractivity (Wildman–Crippen MR) is 130 cm³/mol. The molecule has 0 aromatic heterocycles. The lowest BCUT2D eigenvalue weighted by Crippen LogP contribution is -2.32. The van der Waals surface area contributed by atoms with Gasteiger partial charge in [-0.3, -0.25) is 9.59 Å². The summed E-state index contributed by atoms with van der Waals surface area (Å²) in [5.41, 5.74) is 0.992. The van der Waals surface area contributed by atoms with Crippen LogP contribution in [0.3, 0.4) is 0 Å². The van der Waals surface area contributed by atoms with E-state index >= 15 is 0 Å². The van der Waals surface area contributed by atoms with Gasteiger partial charge in [0.25, 0.3) is 0 Å². The standard InChI is InChI=1S/C22H18Cl5F3N2O2/c1-10(22(28,29)30)5-17(33)32(2)16-9-14(3-4-15(16)25)31-20(34)19-18(21(19,26)27)11-6-12(23)8-13(24)7-11/h3-4,6-10,18-19H,5H2,1-2H3,(H,31,34)/t10-,18+,19-/m1/s1. The van der Waals surface area contributed by atoms with Crippen molar-refractivity contribution in [2.75, 3.05) is 17.3 Å². The summed E-state index contributed by atoms with van der Waals surface area (Å²) < 4.78 is 37.1. The molecule has 1 fully saturated rings. The van der Waals surface area contributed by atoms with Gasteiger partial charge >= 0.3 is 6.18 Å². The zero-order valence-corrected chi connectivity index (χ0v) is 21.5. The number of hydrogen-bond donors (Lipinski definition) is 1. The second kappa shape index (κ2) is 9.94. The van der Waals surface area contributed by atoms with Crippen molar-refractivity contribution >= 4 is 81.2 Å². The third-order valence-electron chi connectivity index (χ3n) is 5.57. The Morgan fingerprint density at radius 2 is 1.68 bits per heavy atom. The van der Waals surface area contributed by atoms with E-state index in [4.69, 9.17) is 58.0 Å². The molecule has 0 spiro atoms. The van der Waals surface area contributed by atoms with Crippen molar-refractivity contribution in [3.8, 4) is 0 Å². The number of benzene rings is 2. The van der Waals surface area contributed by atoms with Crippen LogP contribution in [0.1, 0.15) is 24.8 Å². The molecule has 1 N–H and O–H groups in total. The third kappa shape index (κ3) is 5.88. The molecule has 34 heavy (non-hydrogen) atoms. The van der Waals surface area contributed by atoms with Gasteiger partial charge in [-0.25, -0.2) is 0 Å². The maximum absolute atomic E-state index is 12.9. The number of nitrogens with one attached hydrogen (secondary N) is 1. The van der Waals surface area contributed by atoms with Gasteiger partial charge in [0, 0.05) is 35.1 Å². The number of carbonyl (C=O) groups is 2. The molecule has 12 heteroatoms. The molecule has 0 radical (unpaired) electrons. The second-order valence-electron chi connectivity index (χ2n) is 8.09. The highest BCUT2D eigenvalue weighted by Crippen LogP contribution is 2.65. The van der Waals surface area contributed by atoms with E-state index < -0.39 is 46.5 Å². The van der Waals surface area contributed by atoms with Gasteiger partial charge in [-0.15, -0.1) is 23.2 Å². The van der Waals surface area contributed by atoms with Crippen molar-refractivity contribution in [2.45, 2.75) is 29.8 Å². The van der Waals surface area contributed by atoms with Gasteiger partial charge in [-0.05, 0) is 42.0 Å². The Morgan fingerprint density at radius 3 is 2.24 bits per heavy atom. The highest BCUT2D eigenvalue weighted by atomic mass is 35.5. The average molecular weight is 577 g/mol. The molecule has 1 saturated carbocycles. The molecule has 3 rings (SSSR count). The molecule has 1 aliphatic carbocycles. The topological polar surface area (TPSA) is 49.4 Å². The van der Waals surface area contributed by atoms with Crippen LogP contribution in [0.5, 0.6) is 0 Å². The fourth-order valence-electron chi connectivity index (χ4n) is 3.54. The molecular formula is C22H18Cl5F3N2O2. The molecule has 2 aromatic carbocycles. The molecule has 0 aliphatic heterocycles. The molecule has 2 aromatic rings. The van der Waals surface area contributed by atoms with Gasteiger partial charge in [0.1, 0.15) is 4.33 Å². The molecule has 0 bridgehead atoms. The third-order valence-corrected chi connectivity index (χ3v) is 7.27. The number of alkyl halides is 5. The summed E-state index contributed by atoms with van der Waals surface area (Å²) in [6.45, 7) is 0.924. The summed E-state index contributed by atoms with van der Waals surface area (Å²) in [7, 11) is 1.31. The van der Waals surface area contributed by atoms with Crippen molar-refractivity contribution in [1.82, 2.24) is 0 Å². The van der Waals surface area contributed by atoms with E-state index in [1.807, 2.05) is 0 Å². The number of anilines is 2. The maximum Gasteiger partial charge on any atom is 0.392 e. The normalized spacial score (nSPS) is 19.9. The minimum atomic E-state index is -4.50. The van der Waals surface area contributed by atoms with Crippen LogP contribution >= 0.6 is 58.0 Å². The van der Waals surface area contributed by atoms with E-state index in [0.717, 1.165) is 11.8 Å². The van der Waals surface area contributed by atoms with Crippen LogP contribution in [0.4, 0.5) is 24.5 Å². The van der Waals surface area contributed by atoms with Crippen molar-refractivity contribution in [3.05, 3.63) is 57.0 Å². The molecule has 3 atom stereocenters. The molecule has 1 aliphatic rings. The fourth-order valence-corrected chi connectivity index (χ4v) is 5.15. The first-order valence-electron chi connectivity index (χ1n) is 9.90. The first-order chi connectivity index (χ1) is 15.6. The van der Waals surface area contributed by atoms with Gasteiger partial charge < -0.3 is 10.2 Å². The largest absolute Gasteiger partial charge is 0.392 e. The van der Waals surface area contributed by atoms with Gasteiger partial charge in [0.2, 0.25) is 11.8 Å². The Labute approximate surface area is 219 Å². The monoisotopic (exact) mass is 574 g/mol. The average Bonchev–Trinajstić information content (AvgIpc) is 3.29. The highest BCUT2D eigenvalue weighted by Gasteiger charge is 2.67. The molecule has 184 valence electrons. The molecule has 0 heterocycles. The number of halogens is 8. The van der Waals surface area contributed by atoms with Crippen LogP contribution in [-0.2, 0) is 9.59 Å². The number of carbonyl (C=O) groups excluding carboxylic acids is 2. The summed E-state index contributed by atoms with van der Waals surface area (Å²) in [6, 6.07) is 9.06. The highest BCUT2D eigenvalue weighted by molar-refractivity contribution is 6.53. The van der Waals surface area contributed by atoms with E-state index in [-0.39, 0.29) is 16.4 Å². The molecular weight excluding hydrogens is 559 g/mol. The fraction of sp³-hybridized carbons (Fsp3) is 0.364. The van der Waals surface area contributed by atoms with Crippen LogP contribution < -0.4 is 10.2 Å². The quantitative estimate of drug-likeness (QED) is 0.358. The Kier molecular flexibility index (Phi) is 7.95. The number of hydrogen-bond acceptors (Lipinski definition) is 2. The minimum Gasteiger partial charge on any atom is -0.326 e. The van der Waals surface area contributed by atoms with Crippen LogP contribution in [0.15, 0.2) is 36.4 Å². The first kappa shape index (κ1) is 27.2. The predicted octanol–water partition coefficient (Wildman–Crippen LogP) is 7.72. The van der Waals surface area contributed by atoms with Gasteiger partial charge in [0.15, 0.2) is 0 Å². The maximum atomic E-state index is 12.9. The van der Waals surface area contributed by atoms with Crippen LogP contribution in [0.2, 0.25) is 15.1 Å². The Balaban J connectivity index is 1.76. The van der Waals surface area contributed by atoms with E-state index in [2.05, 4.69) is 5.32 Å². The molecule has 0 unspecified atom stereocenters.